The minimum atomic E-state index is -0.301. The van der Waals surface area contributed by atoms with Crippen LogP contribution >= 0.6 is 0 Å². The van der Waals surface area contributed by atoms with Gasteiger partial charge in [-0.1, -0.05) is 25.3 Å². The fourth-order valence-electron chi connectivity index (χ4n) is 6.14. The van der Waals surface area contributed by atoms with Crippen molar-refractivity contribution in [2.45, 2.75) is 117 Å². The van der Waals surface area contributed by atoms with E-state index in [1.807, 2.05) is 13.0 Å². The molecule has 3 fully saturated rings. The molecule has 0 aromatic rings. The van der Waals surface area contributed by atoms with Crippen LogP contribution in [0.25, 0.3) is 0 Å². The molecule has 0 aromatic heterocycles. The Morgan fingerprint density at radius 2 is 1.33 bits per heavy atom. The Labute approximate surface area is 243 Å². The van der Waals surface area contributed by atoms with E-state index in [1.54, 1.807) is 0 Å². The molecule has 0 amide bonds. The average molecular weight is 731 g/mol. The number of allylic oxidation sites excluding steroid dienone is 1. The molecule has 0 spiro atoms. The van der Waals surface area contributed by atoms with Gasteiger partial charge in [-0.2, -0.15) is 0 Å². The number of esters is 2. The zero-order valence-electron chi connectivity index (χ0n) is 24.0. The van der Waals surface area contributed by atoms with E-state index in [2.05, 4.69) is 41.2 Å². The molecule has 0 bridgehead atoms. The van der Waals surface area contributed by atoms with Gasteiger partial charge >= 0.3 is 19.1 Å². The smallest absolute Gasteiger partial charge is 0.457 e. The first-order chi connectivity index (χ1) is 16.3. The normalized spacial score (nSPS) is 32.2. The van der Waals surface area contributed by atoms with Gasteiger partial charge in [0.25, 0.3) is 0 Å². The van der Waals surface area contributed by atoms with E-state index in [4.69, 9.17) is 18.8 Å². The Morgan fingerprint density at radius 1 is 0.889 bits per heavy atom. The van der Waals surface area contributed by atoms with Crippen molar-refractivity contribution in [1.29, 1.82) is 0 Å². The second-order valence-corrected chi connectivity index (χ2v) is 12.1. The van der Waals surface area contributed by atoms with Crippen molar-refractivity contribution < 1.29 is 59.5 Å². The minimum absolute atomic E-state index is 0. The van der Waals surface area contributed by atoms with Crippen LogP contribution in [-0.2, 0) is 28.4 Å². The molecule has 0 N–H and O–H groups in total. The van der Waals surface area contributed by atoms with Crippen LogP contribution in [0.2, 0.25) is 6.32 Å². The monoisotopic (exact) mass is 730 g/mol. The Morgan fingerprint density at radius 3 is 1.78 bits per heavy atom. The van der Waals surface area contributed by atoms with Crippen LogP contribution in [0, 0.1) is 53.8 Å². The third-order valence-corrected chi connectivity index (χ3v) is 9.35. The Hall–Kier alpha value is -0.283. The molecule has 4 atom stereocenters. The molecule has 0 unspecified atom stereocenters. The van der Waals surface area contributed by atoms with Gasteiger partial charge in [0.05, 0.1) is 36.3 Å². The van der Waals surface area contributed by atoms with Crippen LogP contribution in [-0.4, -0.2) is 44.5 Å². The second kappa shape index (κ2) is 13.7. The molecule has 3 aliphatic rings. The van der Waals surface area contributed by atoms with Gasteiger partial charge in [0, 0.05) is 31.1 Å². The van der Waals surface area contributed by atoms with Crippen molar-refractivity contribution in [2.75, 3.05) is 14.2 Å². The number of carbonyl (C=O) groups is 2. The summed E-state index contributed by atoms with van der Waals surface area (Å²) >= 11 is 0. The van der Waals surface area contributed by atoms with E-state index in [0.717, 1.165) is 64.1 Å². The van der Waals surface area contributed by atoms with Crippen LogP contribution in [0.4, 0.5) is 0 Å². The van der Waals surface area contributed by atoms with E-state index in [-0.39, 0.29) is 72.2 Å². The summed E-state index contributed by atoms with van der Waals surface area (Å²) in [5, 5.41) is 0. The summed E-state index contributed by atoms with van der Waals surface area (Å²) in [5.74, 6) is 0.738. The maximum Gasteiger partial charge on any atom is 0.457 e. The molecule has 6 nitrogen and oxygen atoms in total. The van der Waals surface area contributed by atoms with Gasteiger partial charge in [-0.3, -0.25) is 9.59 Å². The number of ether oxygens (including phenoxy) is 2. The first kappa shape index (κ1) is 33.7. The molecule has 0 radical (unpaired) electrons. The van der Waals surface area contributed by atoms with Gasteiger partial charge in [-0.25, -0.2) is 0 Å². The SMILES string of the molecule is C=CC[C@@H]1CCC[C@]1(C)C(=O)OC.COC(=O)[C@@]1(C)CCC[C@H]1CCCB1OC(C)(C)C(C)(C)O1.[U]. The fourth-order valence-corrected chi connectivity index (χ4v) is 6.14. The van der Waals surface area contributed by atoms with E-state index in [0.29, 0.717) is 11.8 Å². The maximum absolute atomic E-state index is 12.1. The van der Waals surface area contributed by atoms with Crippen molar-refractivity contribution in [3.8, 4) is 0 Å². The van der Waals surface area contributed by atoms with Crippen molar-refractivity contribution in [1.82, 2.24) is 0 Å². The topological polar surface area (TPSA) is 71.1 Å². The Balaban J connectivity index is 0.000000397. The third kappa shape index (κ3) is 7.43. The van der Waals surface area contributed by atoms with Crippen molar-refractivity contribution in [2.24, 2.45) is 22.7 Å². The van der Waals surface area contributed by atoms with Gasteiger partial charge in [0.2, 0.25) is 0 Å². The zero-order chi connectivity index (χ0) is 26.5. The average Bonchev–Trinajstić information content (AvgIpc) is 3.42. The minimum Gasteiger partial charge on any atom is -0.469 e. The molecule has 1 saturated heterocycles. The molecule has 204 valence electrons. The fraction of sp³-hybridized carbons (Fsp3) is 0.857. The molecule has 2 saturated carbocycles. The molecular weight excluding hydrogens is 681 g/mol. The predicted molar refractivity (Wildman–Crippen MR) is 140 cm³/mol. The van der Waals surface area contributed by atoms with Gasteiger partial charge in [0.1, 0.15) is 0 Å². The summed E-state index contributed by atoms with van der Waals surface area (Å²) in [6, 6.07) is 0. The predicted octanol–water partition coefficient (Wildman–Crippen LogP) is 6.38. The van der Waals surface area contributed by atoms with E-state index in [9.17, 15) is 9.59 Å². The zero-order valence-corrected chi connectivity index (χ0v) is 28.2. The van der Waals surface area contributed by atoms with Crippen molar-refractivity contribution in [3.63, 3.8) is 0 Å². The summed E-state index contributed by atoms with van der Waals surface area (Å²) in [6.45, 7) is 16.1. The quantitative estimate of drug-likeness (QED) is 0.164. The summed E-state index contributed by atoms with van der Waals surface area (Å²) < 4.78 is 21.9. The first-order valence-electron chi connectivity index (χ1n) is 13.4. The summed E-state index contributed by atoms with van der Waals surface area (Å²) in [5.41, 5.74) is -1.08. The summed E-state index contributed by atoms with van der Waals surface area (Å²) in [4.78, 5) is 23.6. The molecule has 8 heteroatoms. The van der Waals surface area contributed by atoms with Crippen molar-refractivity contribution in [3.05, 3.63) is 12.7 Å². The Bertz CT molecular complexity index is 740. The van der Waals surface area contributed by atoms with Crippen LogP contribution in [0.15, 0.2) is 12.7 Å². The number of carbonyl (C=O) groups excluding carboxylic acids is 2. The number of rotatable bonds is 8. The second-order valence-electron chi connectivity index (χ2n) is 12.1. The first-order valence-corrected chi connectivity index (χ1v) is 13.4. The largest absolute Gasteiger partial charge is 0.469 e. The van der Waals surface area contributed by atoms with Gasteiger partial charge in [0.15, 0.2) is 0 Å². The molecule has 0 aromatic carbocycles. The molecule has 36 heavy (non-hydrogen) atoms. The van der Waals surface area contributed by atoms with Crippen LogP contribution in [0.1, 0.15) is 99.3 Å². The number of hydrogen-bond acceptors (Lipinski definition) is 6. The third-order valence-electron chi connectivity index (χ3n) is 9.35. The molecular formula is C28H49BO6U. The number of hydrogen-bond donors (Lipinski definition) is 0. The van der Waals surface area contributed by atoms with Gasteiger partial charge < -0.3 is 18.8 Å². The van der Waals surface area contributed by atoms with E-state index < -0.39 is 0 Å². The Kier molecular flexibility index (Phi) is 12.8. The molecule has 1 aliphatic heterocycles. The van der Waals surface area contributed by atoms with Gasteiger partial charge in [-0.05, 0) is 98.2 Å². The summed E-state index contributed by atoms with van der Waals surface area (Å²) in [7, 11) is 2.83. The van der Waals surface area contributed by atoms with Gasteiger partial charge in [-0.15, -0.1) is 6.58 Å². The molecule has 1 heterocycles. The maximum atomic E-state index is 12.1. The van der Waals surface area contributed by atoms with Crippen LogP contribution < -0.4 is 0 Å². The molecule has 2 aliphatic carbocycles. The standard InChI is InChI=1S/C17H31BO4.C11H18O2.U/c1-15(2)16(3,4)22-18(21-15)12-8-10-13-9-7-11-17(13,5)14(19)20-6;1-4-6-9-7-5-8-11(9,2)10(12)13-3;/h13H,7-12H2,1-6H3;4,9H,1,5-8H2,2-3H3;/t13-,17-;9-,11+;/m01./s1. The van der Waals surface area contributed by atoms with Crippen molar-refractivity contribution >= 4 is 19.1 Å². The van der Waals surface area contributed by atoms with Crippen LogP contribution in [0.5, 0.6) is 0 Å². The summed E-state index contributed by atoms with van der Waals surface area (Å²) in [6.07, 6.45) is 12.2. The van der Waals surface area contributed by atoms with Crippen LogP contribution in [0.3, 0.4) is 0 Å². The molecule has 3 rings (SSSR count). The van der Waals surface area contributed by atoms with E-state index >= 15 is 0 Å². The van der Waals surface area contributed by atoms with E-state index in [1.165, 1.54) is 14.2 Å². The number of methoxy groups -OCH3 is 2.